The molecule has 5 nitrogen and oxygen atoms in total. The average molecular weight is 420 g/mol. The Hall–Kier alpha value is -3.54. The maximum Gasteiger partial charge on any atom is 0.248 e. The van der Waals surface area contributed by atoms with Crippen LogP contribution < -0.4 is 5.32 Å². The number of benzene rings is 2. The van der Waals surface area contributed by atoms with Crippen LogP contribution in [0.5, 0.6) is 0 Å². The Balaban J connectivity index is 1.41. The van der Waals surface area contributed by atoms with E-state index >= 15 is 0 Å². The van der Waals surface area contributed by atoms with Crippen molar-refractivity contribution in [3.05, 3.63) is 95.4 Å². The summed E-state index contributed by atoms with van der Waals surface area (Å²) in [7, 11) is 0. The van der Waals surface area contributed by atoms with Gasteiger partial charge in [0.05, 0.1) is 5.02 Å². The van der Waals surface area contributed by atoms with Crippen LogP contribution in [0.25, 0.3) is 28.7 Å². The zero-order chi connectivity index (χ0) is 20.9. The Labute approximate surface area is 178 Å². The minimum Gasteiger partial charge on any atom is -0.459 e. The molecule has 0 saturated carbocycles. The molecular weight excluding hydrogens is 402 g/mol. The first-order chi connectivity index (χ1) is 14.6. The second-order valence-corrected chi connectivity index (χ2v) is 6.92. The largest absolute Gasteiger partial charge is 0.459 e. The molecule has 0 bridgehead atoms. The number of rotatable bonds is 6. The van der Waals surface area contributed by atoms with Gasteiger partial charge in [-0.25, -0.2) is 0 Å². The molecule has 0 aliphatic rings. The van der Waals surface area contributed by atoms with E-state index in [1.54, 1.807) is 36.4 Å². The van der Waals surface area contributed by atoms with Gasteiger partial charge in [-0.2, -0.15) is 0 Å². The molecule has 150 valence electrons. The second kappa shape index (κ2) is 8.86. The molecule has 0 saturated heterocycles. The molecule has 2 aromatic heterocycles. The maximum absolute atomic E-state index is 12.2. The summed E-state index contributed by atoms with van der Waals surface area (Å²) in [4.78, 5) is 12.2. The quantitative estimate of drug-likeness (QED) is 0.375. The summed E-state index contributed by atoms with van der Waals surface area (Å²) in [6.07, 6.45) is 3.01. The third kappa shape index (κ3) is 4.54. The lowest BCUT2D eigenvalue weighted by Gasteiger charge is -2.06. The van der Waals surface area contributed by atoms with Crippen LogP contribution in [0.2, 0.25) is 5.02 Å². The van der Waals surface area contributed by atoms with Crippen molar-refractivity contribution in [1.82, 2.24) is 0 Å². The minimum atomic E-state index is -0.308. The van der Waals surface area contributed by atoms with Crippen LogP contribution in [0, 0.1) is 0 Å². The molecule has 0 atom stereocenters. The van der Waals surface area contributed by atoms with E-state index in [1.165, 1.54) is 6.08 Å². The highest BCUT2D eigenvalue weighted by Gasteiger charge is 2.10. The highest BCUT2D eigenvalue weighted by atomic mass is 35.5. The van der Waals surface area contributed by atoms with E-state index in [-0.39, 0.29) is 12.5 Å². The molecule has 4 rings (SSSR count). The molecule has 30 heavy (non-hydrogen) atoms. The third-order valence-corrected chi connectivity index (χ3v) is 4.72. The Morgan fingerprint density at radius 1 is 0.967 bits per heavy atom. The van der Waals surface area contributed by atoms with E-state index in [1.807, 2.05) is 42.5 Å². The van der Waals surface area contributed by atoms with Crippen molar-refractivity contribution >= 4 is 29.3 Å². The Morgan fingerprint density at radius 2 is 1.77 bits per heavy atom. The van der Waals surface area contributed by atoms with Crippen molar-refractivity contribution in [3.63, 3.8) is 0 Å². The summed E-state index contributed by atoms with van der Waals surface area (Å²) in [5.74, 6) is 2.01. The van der Waals surface area contributed by atoms with Crippen molar-refractivity contribution in [2.45, 2.75) is 6.61 Å². The van der Waals surface area contributed by atoms with Gasteiger partial charge in [-0.15, -0.1) is 0 Å². The number of furan rings is 2. The van der Waals surface area contributed by atoms with Gasteiger partial charge in [0.15, 0.2) is 0 Å². The van der Waals surface area contributed by atoms with Gasteiger partial charge in [0, 0.05) is 22.9 Å². The third-order valence-electron chi connectivity index (χ3n) is 4.40. The number of carbonyl (C=O) groups is 1. The number of aliphatic hydroxyl groups is 1. The zero-order valence-corrected chi connectivity index (χ0v) is 16.6. The van der Waals surface area contributed by atoms with Crippen LogP contribution in [0.1, 0.15) is 11.5 Å². The van der Waals surface area contributed by atoms with Crippen LogP contribution in [0.4, 0.5) is 5.69 Å². The number of nitrogens with one attached hydrogen (secondary N) is 1. The van der Waals surface area contributed by atoms with Gasteiger partial charge in [0.2, 0.25) is 5.91 Å². The first-order valence-electron chi connectivity index (χ1n) is 9.26. The molecule has 2 N–H and O–H groups in total. The van der Waals surface area contributed by atoms with Crippen LogP contribution in [-0.2, 0) is 11.4 Å². The standard InChI is InChI=1S/C24H18ClNO4/c25-21-14-17(6-10-20(21)23-12-8-19(15-27)30-23)26-24(28)13-9-18-7-11-22(29-18)16-4-2-1-3-5-16/h1-14,27H,15H2,(H,26,28)/b13-9+. The summed E-state index contributed by atoms with van der Waals surface area (Å²) >= 11 is 6.33. The number of hydrogen-bond donors (Lipinski definition) is 2. The average Bonchev–Trinajstić information content (AvgIpc) is 3.43. The van der Waals surface area contributed by atoms with Gasteiger partial charge in [0.25, 0.3) is 0 Å². The Kier molecular flexibility index (Phi) is 5.84. The van der Waals surface area contributed by atoms with Crippen molar-refractivity contribution in [2.75, 3.05) is 5.32 Å². The monoisotopic (exact) mass is 419 g/mol. The normalized spacial score (nSPS) is 11.1. The summed E-state index contributed by atoms with van der Waals surface area (Å²) in [5.41, 5.74) is 2.20. The van der Waals surface area contributed by atoms with Crippen molar-refractivity contribution in [3.8, 4) is 22.6 Å². The summed E-state index contributed by atoms with van der Waals surface area (Å²) < 4.78 is 11.2. The van der Waals surface area contributed by atoms with Crippen LogP contribution in [-0.4, -0.2) is 11.0 Å². The molecule has 2 heterocycles. The van der Waals surface area contributed by atoms with Gasteiger partial charge >= 0.3 is 0 Å². The SMILES string of the molecule is O=C(/C=C/c1ccc(-c2ccccc2)o1)Nc1ccc(-c2ccc(CO)o2)c(Cl)c1. The highest BCUT2D eigenvalue weighted by molar-refractivity contribution is 6.33. The molecule has 0 aliphatic heterocycles. The van der Waals surface area contributed by atoms with E-state index in [0.29, 0.717) is 33.6 Å². The van der Waals surface area contributed by atoms with Gasteiger partial charge in [-0.1, -0.05) is 41.9 Å². The maximum atomic E-state index is 12.2. The smallest absolute Gasteiger partial charge is 0.248 e. The molecule has 4 aromatic rings. The number of carbonyl (C=O) groups excluding carboxylic acids is 1. The number of anilines is 1. The summed E-state index contributed by atoms with van der Waals surface area (Å²) in [6, 6.07) is 22.0. The molecule has 2 aromatic carbocycles. The highest BCUT2D eigenvalue weighted by Crippen LogP contribution is 2.31. The van der Waals surface area contributed by atoms with Crippen LogP contribution in [0.15, 0.2) is 87.7 Å². The number of halogens is 1. The van der Waals surface area contributed by atoms with Gasteiger partial charge in [0.1, 0.15) is 29.6 Å². The van der Waals surface area contributed by atoms with Crippen LogP contribution in [0.3, 0.4) is 0 Å². The fourth-order valence-corrected chi connectivity index (χ4v) is 3.22. The predicted molar refractivity (Wildman–Crippen MR) is 117 cm³/mol. The number of amides is 1. The molecule has 0 spiro atoms. The van der Waals surface area contributed by atoms with Gasteiger partial charge in [-0.3, -0.25) is 4.79 Å². The van der Waals surface area contributed by atoms with E-state index in [9.17, 15) is 4.79 Å². The summed E-state index contributed by atoms with van der Waals surface area (Å²) in [5, 5.41) is 12.3. The molecule has 0 aliphatic carbocycles. The zero-order valence-electron chi connectivity index (χ0n) is 15.8. The van der Waals surface area contributed by atoms with Crippen molar-refractivity contribution < 1.29 is 18.7 Å². The number of aliphatic hydroxyl groups excluding tert-OH is 1. The molecule has 1 amide bonds. The predicted octanol–water partition coefficient (Wildman–Crippen LogP) is 6.00. The molecule has 6 heteroatoms. The molecule has 0 fully saturated rings. The number of hydrogen-bond acceptors (Lipinski definition) is 4. The minimum absolute atomic E-state index is 0.180. The van der Waals surface area contributed by atoms with Crippen molar-refractivity contribution in [2.24, 2.45) is 0 Å². The molecule has 0 unspecified atom stereocenters. The lowest BCUT2D eigenvalue weighted by molar-refractivity contribution is -0.111. The topological polar surface area (TPSA) is 75.6 Å². The fraction of sp³-hybridized carbons (Fsp3) is 0.0417. The Morgan fingerprint density at radius 3 is 2.50 bits per heavy atom. The first-order valence-corrected chi connectivity index (χ1v) is 9.64. The van der Waals surface area contributed by atoms with Gasteiger partial charge < -0.3 is 19.3 Å². The first kappa shape index (κ1) is 19.8. The Bertz CT molecular complexity index is 1190. The van der Waals surface area contributed by atoms with E-state index < -0.39 is 0 Å². The lowest BCUT2D eigenvalue weighted by atomic mass is 10.1. The lowest BCUT2D eigenvalue weighted by Crippen LogP contribution is -2.07. The molecular formula is C24H18ClNO4. The summed E-state index contributed by atoms with van der Waals surface area (Å²) in [6.45, 7) is -0.180. The molecule has 0 radical (unpaired) electrons. The van der Waals surface area contributed by atoms with E-state index in [2.05, 4.69) is 5.32 Å². The van der Waals surface area contributed by atoms with E-state index in [0.717, 1.165) is 11.3 Å². The fourth-order valence-electron chi connectivity index (χ4n) is 2.94. The van der Waals surface area contributed by atoms with E-state index in [4.69, 9.17) is 25.5 Å². The second-order valence-electron chi connectivity index (χ2n) is 6.51. The van der Waals surface area contributed by atoms with Crippen molar-refractivity contribution in [1.29, 1.82) is 0 Å². The van der Waals surface area contributed by atoms with Gasteiger partial charge in [-0.05, 0) is 48.5 Å². The van der Waals surface area contributed by atoms with Crippen LogP contribution >= 0.6 is 11.6 Å².